The number of aromatic nitrogens is 1. The van der Waals surface area contributed by atoms with Crippen LogP contribution < -0.4 is 24.6 Å². The summed E-state index contributed by atoms with van der Waals surface area (Å²) in [5.74, 6) is 1.58. The third-order valence-electron chi connectivity index (χ3n) is 10.4. The van der Waals surface area contributed by atoms with Gasteiger partial charge in [-0.1, -0.05) is 6.07 Å². The van der Waals surface area contributed by atoms with Crippen molar-refractivity contribution in [2.24, 2.45) is 0 Å². The molecule has 0 bridgehead atoms. The molecule has 2 saturated heterocycles. The second-order valence-electron chi connectivity index (χ2n) is 15.1. The molecule has 3 aromatic heterocycles. The van der Waals surface area contributed by atoms with Crippen molar-refractivity contribution in [1.29, 1.82) is 0 Å². The van der Waals surface area contributed by atoms with Crippen LogP contribution in [0.25, 0.3) is 49.3 Å². The largest absolute Gasteiger partial charge is 0.504 e. The Morgan fingerprint density at radius 1 is 0.656 bits per heavy atom. The molecule has 0 saturated carbocycles. The van der Waals surface area contributed by atoms with E-state index in [1.54, 1.807) is 40.9 Å². The van der Waals surface area contributed by atoms with E-state index in [2.05, 4.69) is 9.80 Å². The van der Waals surface area contributed by atoms with E-state index < -0.39 is 25.9 Å². The lowest BCUT2D eigenvalue weighted by molar-refractivity contribution is 0.0353. The van der Waals surface area contributed by atoms with Gasteiger partial charge in [0.15, 0.2) is 34.5 Å². The molecule has 0 aliphatic carbocycles. The SMILES string of the molecule is COc1ccc(-c2c3c4cc(OCCCN5CCOCC5)c(OCCCN5CCOCC5)cc4oc(=O)c3n3ccc4cc(O)c(OC)cc4c23)cc1O.CS(=O)(=O)O.CS(=O)(=O)O. The Balaban J connectivity index is 0.000000615. The zero-order chi connectivity index (χ0) is 46.2. The van der Waals surface area contributed by atoms with Gasteiger partial charge in [-0.05, 0) is 60.2 Å². The first-order valence-electron chi connectivity index (χ1n) is 20.3. The van der Waals surface area contributed by atoms with Crippen molar-refractivity contribution < 1.29 is 69.0 Å². The number of benzene rings is 3. The quantitative estimate of drug-likeness (QED) is 0.0699. The Kier molecular flexibility index (Phi) is 15.8. The van der Waals surface area contributed by atoms with E-state index in [4.69, 9.17) is 41.9 Å². The molecule has 0 amide bonds. The number of methoxy groups -OCH3 is 2. The number of pyridine rings is 1. The number of aromatic hydroxyl groups is 2. The number of ether oxygens (including phenoxy) is 6. The normalized spacial score (nSPS) is 15.1. The number of hydrogen-bond acceptors (Lipinski definition) is 16. The number of fused-ring (bicyclic) bond motifs is 7. The fourth-order valence-corrected chi connectivity index (χ4v) is 7.62. The van der Waals surface area contributed by atoms with Crippen LogP contribution in [0.1, 0.15) is 12.8 Å². The Morgan fingerprint density at radius 2 is 1.17 bits per heavy atom. The molecule has 2 aliphatic rings. The van der Waals surface area contributed by atoms with Gasteiger partial charge >= 0.3 is 5.63 Å². The smallest absolute Gasteiger partial charge is 0.361 e. The Bertz CT molecular complexity index is 2820. The van der Waals surface area contributed by atoms with Gasteiger partial charge in [-0.25, -0.2) is 4.79 Å². The predicted molar refractivity (Wildman–Crippen MR) is 240 cm³/mol. The van der Waals surface area contributed by atoms with Crippen LogP contribution in [0, 0.1) is 0 Å². The first-order chi connectivity index (χ1) is 30.4. The number of morpholine rings is 2. The molecule has 0 atom stereocenters. The summed E-state index contributed by atoms with van der Waals surface area (Å²) in [6, 6.07) is 14.0. The van der Waals surface area contributed by atoms with Crippen molar-refractivity contribution in [3.05, 3.63) is 65.1 Å². The Morgan fingerprint density at radius 3 is 1.70 bits per heavy atom. The highest BCUT2D eigenvalue weighted by Gasteiger charge is 2.25. The lowest BCUT2D eigenvalue weighted by atomic mass is 9.98. The summed E-state index contributed by atoms with van der Waals surface area (Å²) in [6.45, 7) is 9.22. The minimum atomic E-state index is -3.67. The van der Waals surface area contributed by atoms with Crippen molar-refractivity contribution >= 4 is 58.4 Å². The summed E-state index contributed by atoms with van der Waals surface area (Å²) in [5, 5.41) is 24.4. The monoisotopic (exact) mass is 931 g/mol. The maximum absolute atomic E-state index is 14.1. The fraction of sp³-hybridized carbons (Fsp3) is 0.419. The van der Waals surface area contributed by atoms with E-state index in [0.717, 1.165) is 89.3 Å². The summed E-state index contributed by atoms with van der Waals surface area (Å²) in [5.41, 5.74) is 2.10. The molecule has 348 valence electrons. The molecule has 6 aromatic rings. The van der Waals surface area contributed by atoms with E-state index in [1.807, 2.05) is 18.2 Å². The second-order valence-corrected chi connectivity index (χ2v) is 18.0. The average Bonchev–Trinajstić information content (AvgIpc) is 3.60. The van der Waals surface area contributed by atoms with Gasteiger partial charge in [-0.2, -0.15) is 16.8 Å². The lowest BCUT2D eigenvalue weighted by Crippen LogP contribution is -2.37. The molecule has 3 aromatic carbocycles. The Labute approximate surface area is 369 Å². The Hall–Kier alpha value is -5.39. The average molecular weight is 932 g/mol. The van der Waals surface area contributed by atoms with Crippen LogP contribution in [0.4, 0.5) is 0 Å². The van der Waals surface area contributed by atoms with Crippen LogP contribution >= 0.6 is 0 Å². The number of phenols is 2. The molecule has 2 fully saturated rings. The van der Waals surface area contributed by atoms with Gasteiger partial charge in [-0.3, -0.25) is 18.9 Å². The van der Waals surface area contributed by atoms with E-state index >= 15 is 0 Å². The molecule has 0 spiro atoms. The molecular formula is C43H53N3O16S2. The minimum Gasteiger partial charge on any atom is -0.504 e. The molecule has 19 nitrogen and oxygen atoms in total. The highest BCUT2D eigenvalue weighted by atomic mass is 32.2. The third-order valence-corrected chi connectivity index (χ3v) is 10.4. The minimum absolute atomic E-state index is 0.00745. The van der Waals surface area contributed by atoms with E-state index in [-0.39, 0.29) is 17.2 Å². The van der Waals surface area contributed by atoms with Crippen molar-refractivity contribution in [2.45, 2.75) is 12.8 Å². The van der Waals surface area contributed by atoms with E-state index in [0.29, 0.717) is 81.5 Å². The molecule has 8 rings (SSSR count). The maximum atomic E-state index is 14.1. The van der Waals surface area contributed by atoms with Gasteiger partial charge < -0.3 is 47.5 Å². The van der Waals surface area contributed by atoms with Gasteiger partial charge in [0, 0.05) is 73.3 Å². The first kappa shape index (κ1) is 48.1. The van der Waals surface area contributed by atoms with Crippen molar-refractivity contribution in [3.63, 3.8) is 0 Å². The van der Waals surface area contributed by atoms with Gasteiger partial charge in [-0.15, -0.1) is 0 Å². The molecule has 0 radical (unpaired) electrons. The first-order valence-corrected chi connectivity index (χ1v) is 24.0. The zero-order valence-electron chi connectivity index (χ0n) is 35.9. The lowest BCUT2D eigenvalue weighted by Gasteiger charge is -2.26. The fourth-order valence-electron chi connectivity index (χ4n) is 7.62. The van der Waals surface area contributed by atoms with Crippen LogP contribution in [0.5, 0.6) is 34.5 Å². The van der Waals surface area contributed by atoms with Crippen LogP contribution in [-0.2, 0) is 29.7 Å². The van der Waals surface area contributed by atoms with E-state index in [9.17, 15) is 31.8 Å². The van der Waals surface area contributed by atoms with Crippen LogP contribution in [0.15, 0.2) is 63.9 Å². The maximum Gasteiger partial charge on any atom is 0.361 e. The van der Waals surface area contributed by atoms with Crippen molar-refractivity contribution in [1.82, 2.24) is 14.2 Å². The highest BCUT2D eigenvalue weighted by molar-refractivity contribution is 7.85. The van der Waals surface area contributed by atoms with Gasteiger partial charge in [0.25, 0.3) is 20.2 Å². The number of hydrogen-bond donors (Lipinski definition) is 4. The third kappa shape index (κ3) is 12.4. The number of phenolic OH excluding ortho intramolecular Hbond substituents is 2. The van der Waals surface area contributed by atoms with Crippen LogP contribution in [0.2, 0.25) is 0 Å². The van der Waals surface area contributed by atoms with Crippen LogP contribution in [-0.4, -0.2) is 156 Å². The molecule has 64 heavy (non-hydrogen) atoms. The molecule has 5 heterocycles. The summed E-state index contributed by atoms with van der Waals surface area (Å²) in [4.78, 5) is 18.8. The summed E-state index contributed by atoms with van der Waals surface area (Å²) in [6.07, 6.45) is 4.83. The van der Waals surface area contributed by atoms with E-state index in [1.165, 1.54) is 14.2 Å². The standard InChI is InChI=1S/C41H45N3O10.2CH4O3S/c1-48-32-6-5-27(22-30(32)45)37-38-29-24-35(52-15-3-8-42-11-17-50-18-12-42)36(53-16-4-9-43-13-19-51-20-14-43)25-33(29)54-41(47)40(38)44-10-7-26-21-31(46)34(49-2)23-28(26)39(37)44;2*1-5(2,3)4/h5-7,10,21-25,45-46H,3-4,8-9,11-20H2,1-2H3;2*1H3,(H,2,3,4). The number of rotatable bonds is 13. The summed E-state index contributed by atoms with van der Waals surface area (Å²) >= 11 is 0. The van der Waals surface area contributed by atoms with Gasteiger partial charge in [0.05, 0.1) is 71.9 Å². The topological polar surface area (TPSA) is 246 Å². The van der Waals surface area contributed by atoms with Crippen LogP contribution in [0.3, 0.4) is 0 Å². The predicted octanol–water partition coefficient (Wildman–Crippen LogP) is 4.66. The van der Waals surface area contributed by atoms with Crippen molar-refractivity contribution in [3.8, 4) is 45.6 Å². The van der Waals surface area contributed by atoms with Gasteiger partial charge in [0.1, 0.15) is 11.1 Å². The molecule has 4 N–H and O–H groups in total. The summed E-state index contributed by atoms with van der Waals surface area (Å²) < 4.78 is 94.4. The molecular weight excluding hydrogens is 879 g/mol. The highest BCUT2D eigenvalue weighted by Crippen LogP contribution is 2.46. The number of nitrogens with zero attached hydrogens (tertiary/aromatic N) is 3. The molecule has 2 aliphatic heterocycles. The summed E-state index contributed by atoms with van der Waals surface area (Å²) in [7, 11) is -4.35. The van der Waals surface area contributed by atoms with Gasteiger partial charge in [0.2, 0.25) is 0 Å². The zero-order valence-corrected chi connectivity index (χ0v) is 37.6. The second kappa shape index (κ2) is 21.1. The van der Waals surface area contributed by atoms with Crippen molar-refractivity contribution in [2.75, 3.05) is 106 Å². The molecule has 0 unspecified atom stereocenters. The molecule has 21 heteroatoms.